The smallest absolute Gasteiger partial charge is 0.303 e. The fourth-order valence-corrected chi connectivity index (χ4v) is 4.99. The van der Waals surface area contributed by atoms with Crippen molar-refractivity contribution in [2.24, 2.45) is 5.41 Å². The Hall–Kier alpha value is -2.74. The molecule has 0 radical (unpaired) electrons. The molecule has 0 aromatic carbocycles. The molecule has 4 rings (SSSR count). The second-order valence-corrected chi connectivity index (χ2v) is 8.85. The number of hydrogen-bond donors (Lipinski definition) is 3. The molecule has 2 fully saturated rings. The number of carboxylic acids is 1. The maximum atomic E-state index is 12.6. The molecule has 0 unspecified atom stereocenters. The molecule has 2 aromatic heterocycles. The van der Waals surface area contributed by atoms with Crippen molar-refractivity contribution >= 4 is 28.5 Å². The summed E-state index contributed by atoms with van der Waals surface area (Å²) in [6.07, 6.45) is 9.49. The molecule has 3 heterocycles. The second-order valence-electron chi connectivity index (χ2n) is 8.85. The topological polar surface area (TPSA) is 116 Å². The number of carbonyl (C=O) groups excluding carboxylic acids is 1. The largest absolute Gasteiger partial charge is 0.481 e. The summed E-state index contributed by atoms with van der Waals surface area (Å²) >= 11 is 0. The van der Waals surface area contributed by atoms with E-state index in [4.69, 9.17) is 0 Å². The number of aromatic nitrogens is 2. The van der Waals surface area contributed by atoms with Crippen LogP contribution in [0, 0.1) is 5.41 Å². The van der Waals surface area contributed by atoms with Gasteiger partial charge in [-0.3, -0.25) is 19.6 Å². The lowest BCUT2D eigenvalue weighted by Crippen LogP contribution is -2.46. The van der Waals surface area contributed by atoms with Crippen LogP contribution in [0.3, 0.4) is 0 Å². The molecule has 1 saturated carbocycles. The Morgan fingerprint density at radius 3 is 2.70 bits per heavy atom. The fraction of sp³-hybridized carbons (Fsp3) is 0.545. The highest BCUT2D eigenvalue weighted by atomic mass is 16.4. The van der Waals surface area contributed by atoms with Gasteiger partial charge in [-0.1, -0.05) is 12.8 Å². The first-order valence-electron chi connectivity index (χ1n) is 10.5. The van der Waals surface area contributed by atoms with Crippen LogP contribution in [0.2, 0.25) is 0 Å². The van der Waals surface area contributed by atoms with Crippen LogP contribution in [0.1, 0.15) is 44.9 Å². The maximum absolute atomic E-state index is 12.6. The van der Waals surface area contributed by atoms with Crippen molar-refractivity contribution in [1.82, 2.24) is 15.3 Å². The van der Waals surface area contributed by atoms with Crippen molar-refractivity contribution in [3.63, 3.8) is 0 Å². The number of nitrogens with one attached hydrogen (secondary N) is 1. The lowest BCUT2D eigenvalue weighted by Gasteiger charge is -2.28. The minimum atomic E-state index is -1.02. The summed E-state index contributed by atoms with van der Waals surface area (Å²) in [5.74, 6) is -1.03. The number of fused-ring (bicyclic) bond motifs is 1. The lowest BCUT2D eigenvalue weighted by atomic mass is 9.79. The van der Waals surface area contributed by atoms with E-state index in [1.54, 1.807) is 18.6 Å². The van der Waals surface area contributed by atoms with Gasteiger partial charge in [0.05, 0.1) is 11.9 Å². The molecule has 1 atom stereocenters. The number of carbonyl (C=O) groups is 2. The van der Waals surface area contributed by atoms with Crippen LogP contribution in [0.25, 0.3) is 10.9 Å². The zero-order valence-corrected chi connectivity index (χ0v) is 17.0. The van der Waals surface area contributed by atoms with Crippen molar-refractivity contribution in [2.75, 3.05) is 24.5 Å². The fourth-order valence-electron chi connectivity index (χ4n) is 4.99. The molecular weight excluding hydrogens is 384 g/mol. The van der Waals surface area contributed by atoms with Gasteiger partial charge in [0.25, 0.3) is 0 Å². The number of aliphatic hydroxyl groups is 1. The van der Waals surface area contributed by atoms with E-state index in [0.29, 0.717) is 19.5 Å². The third-order valence-corrected chi connectivity index (χ3v) is 6.53. The number of aliphatic carboxylic acids is 1. The number of amides is 1. The Bertz CT molecular complexity index is 938. The molecule has 8 nitrogen and oxygen atoms in total. The molecule has 0 spiro atoms. The zero-order valence-electron chi connectivity index (χ0n) is 17.0. The highest BCUT2D eigenvalue weighted by molar-refractivity contribution is 5.90. The second kappa shape index (κ2) is 8.18. The molecule has 30 heavy (non-hydrogen) atoms. The van der Waals surface area contributed by atoms with Gasteiger partial charge in [-0.2, -0.15) is 0 Å². The molecule has 2 aliphatic rings. The average molecular weight is 412 g/mol. The summed E-state index contributed by atoms with van der Waals surface area (Å²) in [4.78, 5) is 34.4. The van der Waals surface area contributed by atoms with Gasteiger partial charge in [-0.25, -0.2) is 0 Å². The molecule has 1 aliphatic carbocycles. The van der Waals surface area contributed by atoms with Crippen LogP contribution < -0.4 is 10.2 Å². The van der Waals surface area contributed by atoms with E-state index in [0.717, 1.165) is 42.3 Å². The molecule has 1 amide bonds. The van der Waals surface area contributed by atoms with E-state index >= 15 is 0 Å². The van der Waals surface area contributed by atoms with Crippen molar-refractivity contribution in [1.29, 1.82) is 0 Å². The van der Waals surface area contributed by atoms with Crippen LogP contribution >= 0.6 is 0 Å². The molecule has 2 aromatic rings. The van der Waals surface area contributed by atoms with E-state index in [2.05, 4.69) is 20.2 Å². The van der Waals surface area contributed by atoms with Crippen LogP contribution in [0.15, 0.2) is 30.7 Å². The Morgan fingerprint density at radius 1 is 1.13 bits per heavy atom. The summed E-state index contributed by atoms with van der Waals surface area (Å²) < 4.78 is 0. The minimum absolute atomic E-state index is 0.0294. The SMILES string of the molecule is O=C(O)CC1(CC(=O)NC[C@]2(O)CCN(c3ccnc4ccncc34)C2)CCCC1. The van der Waals surface area contributed by atoms with E-state index in [9.17, 15) is 19.8 Å². The Morgan fingerprint density at radius 2 is 1.93 bits per heavy atom. The van der Waals surface area contributed by atoms with Crippen LogP contribution in [0.4, 0.5) is 5.69 Å². The summed E-state index contributed by atoms with van der Waals surface area (Å²) in [7, 11) is 0. The van der Waals surface area contributed by atoms with E-state index in [1.165, 1.54) is 0 Å². The van der Waals surface area contributed by atoms with Crippen molar-refractivity contribution in [3.8, 4) is 0 Å². The molecule has 160 valence electrons. The number of hydrogen-bond acceptors (Lipinski definition) is 6. The van der Waals surface area contributed by atoms with Gasteiger partial charge in [0, 0.05) is 55.7 Å². The van der Waals surface area contributed by atoms with Crippen LogP contribution in [-0.2, 0) is 9.59 Å². The highest BCUT2D eigenvalue weighted by Crippen LogP contribution is 2.44. The molecule has 1 aliphatic heterocycles. The summed E-state index contributed by atoms with van der Waals surface area (Å²) in [5.41, 5.74) is 0.361. The monoisotopic (exact) mass is 412 g/mol. The predicted molar refractivity (Wildman–Crippen MR) is 112 cm³/mol. The number of β-amino-alcohol motifs (C(OH)–C–C–N with tert-alkyl or cyclic N) is 1. The quantitative estimate of drug-likeness (QED) is 0.638. The number of rotatable bonds is 7. The number of pyridine rings is 2. The molecule has 0 bridgehead atoms. The first-order chi connectivity index (χ1) is 14.4. The molecule has 1 saturated heterocycles. The van der Waals surface area contributed by atoms with E-state index < -0.39 is 17.0 Å². The zero-order chi connectivity index (χ0) is 21.2. The summed E-state index contributed by atoms with van der Waals surface area (Å²) in [5, 5.41) is 24.1. The first kappa shape index (κ1) is 20.5. The van der Waals surface area contributed by atoms with Gasteiger partial charge in [0.15, 0.2) is 0 Å². The van der Waals surface area contributed by atoms with Gasteiger partial charge >= 0.3 is 5.97 Å². The Labute approximate surface area is 175 Å². The van der Waals surface area contributed by atoms with Gasteiger partial charge in [0.1, 0.15) is 5.60 Å². The highest BCUT2D eigenvalue weighted by Gasteiger charge is 2.40. The standard InChI is InChI=1S/C22H28N4O4/c27-19(11-21(12-20(28)29)5-1-2-6-21)25-14-22(30)7-10-26(15-22)18-4-9-24-17-3-8-23-13-16(17)18/h3-4,8-9,13,30H,1-2,5-7,10-12,14-15H2,(H,25,27)(H,28,29)/t22-/m1/s1. The van der Waals surface area contributed by atoms with Crippen LogP contribution in [-0.4, -0.2) is 57.3 Å². The Balaban J connectivity index is 1.37. The minimum Gasteiger partial charge on any atom is -0.481 e. The van der Waals surface area contributed by atoms with Gasteiger partial charge in [0.2, 0.25) is 5.91 Å². The normalized spacial score (nSPS) is 23.0. The van der Waals surface area contributed by atoms with Gasteiger partial charge in [-0.05, 0) is 36.8 Å². The first-order valence-corrected chi connectivity index (χ1v) is 10.5. The van der Waals surface area contributed by atoms with Crippen molar-refractivity contribution < 1.29 is 19.8 Å². The Kier molecular flexibility index (Phi) is 5.60. The van der Waals surface area contributed by atoms with Crippen molar-refractivity contribution in [2.45, 2.75) is 50.5 Å². The summed E-state index contributed by atoms with van der Waals surface area (Å²) in [6, 6.07) is 3.78. The molecule has 3 N–H and O–H groups in total. The molecule has 8 heteroatoms. The van der Waals surface area contributed by atoms with Gasteiger partial charge < -0.3 is 20.4 Å². The average Bonchev–Trinajstić information content (AvgIpc) is 3.33. The lowest BCUT2D eigenvalue weighted by molar-refractivity contribution is -0.140. The predicted octanol–water partition coefficient (Wildman–Crippen LogP) is 2.11. The third-order valence-electron chi connectivity index (χ3n) is 6.53. The van der Waals surface area contributed by atoms with E-state index in [1.807, 2.05) is 12.1 Å². The number of nitrogens with zero attached hydrogens (tertiary/aromatic N) is 3. The third kappa shape index (κ3) is 4.38. The maximum Gasteiger partial charge on any atom is 0.303 e. The van der Waals surface area contributed by atoms with Gasteiger partial charge in [-0.15, -0.1) is 0 Å². The number of anilines is 1. The summed E-state index contributed by atoms with van der Waals surface area (Å²) in [6.45, 7) is 1.23. The van der Waals surface area contributed by atoms with Crippen molar-refractivity contribution in [3.05, 3.63) is 30.7 Å². The van der Waals surface area contributed by atoms with E-state index in [-0.39, 0.29) is 25.3 Å². The molecular formula is C22H28N4O4. The van der Waals surface area contributed by atoms with Crippen LogP contribution in [0.5, 0.6) is 0 Å². The number of carboxylic acid groups (broad SMARTS) is 1.